The zero-order valence-corrected chi connectivity index (χ0v) is 23.9. The maximum absolute atomic E-state index is 13.3. The third-order valence-corrected chi connectivity index (χ3v) is 7.24. The van der Waals surface area contributed by atoms with Crippen LogP contribution in [0.2, 0.25) is 0 Å². The number of rotatable bonds is 10. The average molecular weight is 565 g/mol. The summed E-state index contributed by atoms with van der Waals surface area (Å²) in [6.07, 6.45) is 4.80. The number of aromatic nitrogens is 1. The predicted molar refractivity (Wildman–Crippen MR) is 166 cm³/mol. The van der Waals surface area contributed by atoms with E-state index in [1.165, 1.54) is 17.3 Å². The molecular formula is C33H32N4O3S. The number of nitrogens with one attached hydrogen (secondary N) is 3. The van der Waals surface area contributed by atoms with Crippen LogP contribution in [0.1, 0.15) is 48.2 Å². The molecule has 0 fully saturated rings. The second kappa shape index (κ2) is 14.1. The van der Waals surface area contributed by atoms with Gasteiger partial charge in [-0.05, 0) is 78.6 Å². The Balaban J connectivity index is 1.43. The molecule has 41 heavy (non-hydrogen) atoms. The van der Waals surface area contributed by atoms with Gasteiger partial charge in [0.1, 0.15) is 5.70 Å². The van der Waals surface area contributed by atoms with Gasteiger partial charge < -0.3 is 16.0 Å². The second-order valence-corrected chi connectivity index (χ2v) is 11.1. The van der Waals surface area contributed by atoms with Crippen molar-refractivity contribution in [3.8, 4) is 0 Å². The van der Waals surface area contributed by atoms with Gasteiger partial charge in [0.15, 0.2) is 0 Å². The summed E-state index contributed by atoms with van der Waals surface area (Å²) in [5.74, 6) is -0.592. The summed E-state index contributed by atoms with van der Waals surface area (Å²) in [7, 11) is 0. The van der Waals surface area contributed by atoms with E-state index in [0.717, 1.165) is 10.6 Å². The predicted octanol–water partition coefficient (Wildman–Crippen LogP) is 6.73. The number of thioether (sulfide) groups is 1. The van der Waals surface area contributed by atoms with Gasteiger partial charge in [-0.15, -0.1) is 11.8 Å². The van der Waals surface area contributed by atoms with Crippen LogP contribution in [-0.2, 0) is 9.59 Å². The first kappa shape index (κ1) is 29.3. The van der Waals surface area contributed by atoms with Gasteiger partial charge in [-0.1, -0.05) is 56.3 Å². The Labute approximate surface area is 244 Å². The quantitative estimate of drug-likeness (QED) is 0.146. The summed E-state index contributed by atoms with van der Waals surface area (Å²) in [6.45, 7) is 6.09. The Morgan fingerprint density at radius 2 is 1.56 bits per heavy atom. The fourth-order valence-electron chi connectivity index (χ4n) is 3.87. The van der Waals surface area contributed by atoms with Crippen LogP contribution in [0.4, 0.5) is 11.4 Å². The molecular weight excluding hydrogens is 532 g/mol. The average Bonchev–Trinajstić information content (AvgIpc) is 2.98. The highest BCUT2D eigenvalue weighted by atomic mass is 32.2. The monoisotopic (exact) mass is 564 g/mol. The van der Waals surface area contributed by atoms with Gasteiger partial charge in [0.2, 0.25) is 5.91 Å². The zero-order chi connectivity index (χ0) is 29.2. The Kier molecular flexibility index (Phi) is 10.1. The van der Waals surface area contributed by atoms with E-state index in [1.54, 1.807) is 73.1 Å². The Morgan fingerprint density at radius 1 is 0.805 bits per heavy atom. The van der Waals surface area contributed by atoms with E-state index in [1.807, 2.05) is 43.3 Å². The molecule has 0 spiro atoms. The van der Waals surface area contributed by atoms with Gasteiger partial charge in [0.05, 0.1) is 5.25 Å². The summed E-state index contributed by atoms with van der Waals surface area (Å²) < 4.78 is 0. The number of hydrogen-bond acceptors (Lipinski definition) is 5. The molecule has 1 aromatic heterocycles. The van der Waals surface area contributed by atoms with Crippen LogP contribution in [0.15, 0.2) is 114 Å². The van der Waals surface area contributed by atoms with Crippen LogP contribution in [0, 0.1) is 0 Å². The lowest BCUT2D eigenvalue weighted by Crippen LogP contribution is -2.30. The van der Waals surface area contributed by atoms with Crippen molar-refractivity contribution in [2.45, 2.75) is 36.8 Å². The molecule has 7 nitrogen and oxygen atoms in total. The van der Waals surface area contributed by atoms with E-state index in [4.69, 9.17) is 0 Å². The summed E-state index contributed by atoms with van der Waals surface area (Å²) in [6, 6.07) is 27.3. The van der Waals surface area contributed by atoms with Crippen molar-refractivity contribution >= 4 is 46.9 Å². The molecule has 3 amide bonds. The number of amides is 3. The molecule has 1 atom stereocenters. The van der Waals surface area contributed by atoms with Gasteiger partial charge in [-0.3, -0.25) is 19.4 Å². The molecule has 0 bridgehead atoms. The molecule has 0 saturated heterocycles. The molecule has 0 saturated carbocycles. The first-order valence-electron chi connectivity index (χ1n) is 13.3. The Morgan fingerprint density at radius 3 is 2.24 bits per heavy atom. The van der Waals surface area contributed by atoms with E-state index in [9.17, 15) is 14.4 Å². The first-order valence-corrected chi connectivity index (χ1v) is 14.1. The molecule has 4 rings (SSSR count). The van der Waals surface area contributed by atoms with Crippen molar-refractivity contribution < 1.29 is 14.4 Å². The summed E-state index contributed by atoms with van der Waals surface area (Å²) in [5, 5.41) is 8.16. The SMILES string of the molecule is CC(Sc1cccc(NC(=O)/C(=C/c2cccnc2)NC(=O)c2ccccc2)c1)C(=O)Nc1ccc(C(C)C)cc1. The summed E-state index contributed by atoms with van der Waals surface area (Å²) in [4.78, 5) is 43.9. The third kappa shape index (κ3) is 8.65. The van der Waals surface area contributed by atoms with Crippen molar-refractivity contribution in [1.29, 1.82) is 0 Å². The highest BCUT2D eigenvalue weighted by Crippen LogP contribution is 2.27. The van der Waals surface area contributed by atoms with Crippen molar-refractivity contribution in [3.63, 3.8) is 0 Å². The standard InChI is InChI=1S/C33H32N4O3S/c1-22(2)25-14-16-27(17-15-25)35-31(38)23(3)41-29-13-7-12-28(20-29)36-33(40)30(19-24-9-8-18-34-21-24)37-32(39)26-10-5-4-6-11-26/h4-23H,1-3H3,(H,35,38)(H,36,40)(H,37,39)/b30-19-. The van der Waals surface area contributed by atoms with Gasteiger partial charge >= 0.3 is 0 Å². The molecule has 0 aliphatic rings. The van der Waals surface area contributed by atoms with Crippen molar-refractivity contribution in [2.75, 3.05) is 10.6 Å². The van der Waals surface area contributed by atoms with Crippen molar-refractivity contribution in [2.24, 2.45) is 0 Å². The number of nitrogens with zero attached hydrogens (tertiary/aromatic N) is 1. The number of carbonyl (C=O) groups is 3. The molecule has 3 N–H and O–H groups in total. The molecule has 0 radical (unpaired) electrons. The minimum absolute atomic E-state index is 0.0705. The number of hydrogen-bond donors (Lipinski definition) is 3. The Bertz CT molecular complexity index is 1520. The topological polar surface area (TPSA) is 100 Å². The zero-order valence-electron chi connectivity index (χ0n) is 23.1. The third-order valence-electron chi connectivity index (χ3n) is 6.14. The van der Waals surface area contributed by atoms with E-state index >= 15 is 0 Å². The van der Waals surface area contributed by atoms with Crippen molar-refractivity contribution in [3.05, 3.63) is 126 Å². The molecule has 3 aromatic carbocycles. The van der Waals surface area contributed by atoms with Crippen LogP contribution in [0.25, 0.3) is 6.08 Å². The number of carbonyl (C=O) groups excluding carboxylic acids is 3. The highest BCUT2D eigenvalue weighted by Gasteiger charge is 2.17. The molecule has 8 heteroatoms. The van der Waals surface area contributed by atoms with Crippen LogP contribution in [-0.4, -0.2) is 28.0 Å². The van der Waals surface area contributed by atoms with E-state index in [-0.39, 0.29) is 16.9 Å². The number of benzene rings is 3. The molecule has 1 heterocycles. The fraction of sp³-hybridized carbons (Fsp3) is 0.152. The summed E-state index contributed by atoms with van der Waals surface area (Å²) >= 11 is 1.38. The molecule has 208 valence electrons. The summed E-state index contributed by atoms with van der Waals surface area (Å²) in [5.41, 5.74) is 3.65. The normalized spacial score (nSPS) is 12.0. The molecule has 0 aliphatic carbocycles. The van der Waals surface area contributed by atoms with Gasteiger partial charge in [-0.2, -0.15) is 0 Å². The van der Waals surface area contributed by atoms with Crippen LogP contribution in [0.3, 0.4) is 0 Å². The van der Waals surface area contributed by atoms with Gasteiger partial charge in [0, 0.05) is 34.2 Å². The lowest BCUT2D eigenvalue weighted by atomic mass is 10.0. The largest absolute Gasteiger partial charge is 0.325 e. The number of anilines is 2. The highest BCUT2D eigenvalue weighted by molar-refractivity contribution is 8.00. The van der Waals surface area contributed by atoms with Gasteiger partial charge in [-0.25, -0.2) is 0 Å². The lowest BCUT2D eigenvalue weighted by Gasteiger charge is -2.14. The molecule has 1 unspecified atom stereocenters. The second-order valence-electron chi connectivity index (χ2n) is 9.67. The van der Waals surface area contributed by atoms with E-state index < -0.39 is 11.8 Å². The maximum Gasteiger partial charge on any atom is 0.272 e. The van der Waals surface area contributed by atoms with Crippen LogP contribution < -0.4 is 16.0 Å². The molecule has 0 aliphatic heterocycles. The van der Waals surface area contributed by atoms with Crippen LogP contribution >= 0.6 is 11.8 Å². The number of pyridine rings is 1. The first-order chi connectivity index (χ1) is 19.8. The van der Waals surface area contributed by atoms with Gasteiger partial charge in [0.25, 0.3) is 11.8 Å². The maximum atomic E-state index is 13.3. The smallest absolute Gasteiger partial charge is 0.272 e. The minimum Gasteiger partial charge on any atom is -0.325 e. The minimum atomic E-state index is -0.490. The van der Waals surface area contributed by atoms with E-state index in [0.29, 0.717) is 22.7 Å². The van der Waals surface area contributed by atoms with E-state index in [2.05, 4.69) is 34.8 Å². The lowest BCUT2D eigenvalue weighted by molar-refractivity contribution is -0.115. The Hall–Kier alpha value is -4.69. The molecule has 4 aromatic rings. The van der Waals surface area contributed by atoms with Crippen LogP contribution in [0.5, 0.6) is 0 Å². The fourth-order valence-corrected chi connectivity index (χ4v) is 4.80. The van der Waals surface area contributed by atoms with Crippen molar-refractivity contribution in [1.82, 2.24) is 10.3 Å².